The van der Waals surface area contributed by atoms with Gasteiger partial charge in [0.05, 0.1) is 6.20 Å². The Labute approximate surface area is 281 Å². The summed E-state index contributed by atoms with van der Waals surface area (Å²) in [6.07, 6.45) is 10.8. The van der Waals surface area contributed by atoms with E-state index in [-0.39, 0.29) is 23.6 Å². The SMILES string of the molecule is Cn1ccnc1C(=O)N1CCCC1C(=O)Nc1ccc(-c2cnc(-c3ccc(NC(=O)C4CCCN4C(=O)c4nccn4C)cc3)o2)cc1. The number of imidazole rings is 2. The molecule has 2 unspecified atom stereocenters. The van der Waals surface area contributed by atoms with Crippen LogP contribution in [-0.2, 0) is 23.7 Å². The number of rotatable bonds is 8. The molecule has 2 atom stereocenters. The Hall–Kier alpha value is -6.05. The van der Waals surface area contributed by atoms with E-state index in [1.807, 2.05) is 12.1 Å². The average Bonchev–Trinajstić information content (AvgIpc) is 3.95. The predicted octanol–water partition coefficient (Wildman–Crippen LogP) is 3.96. The van der Waals surface area contributed by atoms with Crippen LogP contribution in [-0.4, -0.2) is 82.7 Å². The number of likely N-dealkylation sites (tertiary alicyclic amines) is 2. The molecule has 0 spiro atoms. The van der Waals surface area contributed by atoms with Gasteiger partial charge < -0.3 is 34.0 Å². The van der Waals surface area contributed by atoms with Crippen molar-refractivity contribution in [3.63, 3.8) is 0 Å². The maximum atomic E-state index is 13.1. The van der Waals surface area contributed by atoms with Crippen molar-refractivity contribution in [2.45, 2.75) is 37.8 Å². The highest BCUT2D eigenvalue weighted by Gasteiger charge is 2.37. The van der Waals surface area contributed by atoms with Gasteiger partial charge in [-0.25, -0.2) is 15.0 Å². The van der Waals surface area contributed by atoms with Crippen LogP contribution in [0, 0.1) is 0 Å². The van der Waals surface area contributed by atoms with Gasteiger partial charge in [-0.2, -0.15) is 0 Å². The van der Waals surface area contributed by atoms with Crippen LogP contribution in [0.5, 0.6) is 0 Å². The summed E-state index contributed by atoms with van der Waals surface area (Å²) in [6.45, 7) is 1.00. The maximum absolute atomic E-state index is 13.1. The van der Waals surface area contributed by atoms with Crippen LogP contribution in [0.1, 0.15) is 46.9 Å². The Bertz CT molecular complexity index is 1870. The summed E-state index contributed by atoms with van der Waals surface area (Å²) in [4.78, 5) is 68.2. The van der Waals surface area contributed by atoms with Gasteiger partial charge in [-0.15, -0.1) is 0 Å². The monoisotopic (exact) mass is 661 g/mol. The Morgan fingerprint density at radius 3 is 1.59 bits per heavy atom. The van der Waals surface area contributed by atoms with Crippen LogP contribution < -0.4 is 10.6 Å². The van der Waals surface area contributed by atoms with E-state index in [1.54, 1.807) is 100 Å². The topological polar surface area (TPSA) is 160 Å². The molecule has 250 valence electrons. The van der Waals surface area contributed by atoms with Gasteiger partial charge in [0.1, 0.15) is 12.1 Å². The minimum Gasteiger partial charge on any atom is -0.436 e. The molecule has 2 aromatic carbocycles. The largest absolute Gasteiger partial charge is 0.436 e. The van der Waals surface area contributed by atoms with Crippen LogP contribution >= 0.6 is 0 Å². The lowest BCUT2D eigenvalue weighted by Gasteiger charge is -2.23. The molecular formula is C35H35N9O5. The number of carbonyl (C=O) groups is 4. The zero-order chi connectivity index (χ0) is 34.1. The number of anilines is 2. The Kier molecular flexibility index (Phi) is 8.51. The van der Waals surface area contributed by atoms with Crippen LogP contribution in [0.2, 0.25) is 0 Å². The number of carbonyl (C=O) groups excluding carboxylic acids is 4. The minimum absolute atomic E-state index is 0.243. The van der Waals surface area contributed by atoms with Crippen LogP contribution in [0.15, 0.2) is 83.9 Å². The van der Waals surface area contributed by atoms with Crippen LogP contribution in [0.4, 0.5) is 11.4 Å². The number of oxazole rings is 1. The molecule has 14 heteroatoms. The molecule has 0 bridgehead atoms. The standard InChI is InChI=1S/C35H35N9O5/c1-41-19-15-36-29(41)34(47)43-17-3-5-26(43)31(45)39-24-11-7-22(8-12-24)28-21-38-33(49-28)23-9-13-25(14-10-23)40-32(46)27-6-4-18-44(27)35(48)30-37-16-20-42(30)2/h7-16,19-21,26-27H,3-6,17-18H2,1-2H3,(H,39,45)(H,40,46). The Morgan fingerprint density at radius 2 is 1.14 bits per heavy atom. The number of amides is 4. The van der Waals surface area contributed by atoms with Gasteiger partial charge in [0.15, 0.2) is 17.4 Å². The van der Waals surface area contributed by atoms with Gasteiger partial charge in [0, 0.05) is 74.5 Å². The lowest BCUT2D eigenvalue weighted by molar-refractivity contribution is -0.120. The fourth-order valence-electron chi connectivity index (χ4n) is 6.37. The van der Waals surface area contributed by atoms with E-state index in [0.717, 1.165) is 24.0 Å². The van der Waals surface area contributed by atoms with Gasteiger partial charge in [-0.1, -0.05) is 0 Å². The number of aromatic nitrogens is 5. The summed E-state index contributed by atoms with van der Waals surface area (Å²) < 4.78 is 9.34. The number of hydrogen-bond donors (Lipinski definition) is 2. The van der Waals surface area contributed by atoms with Gasteiger partial charge >= 0.3 is 0 Å². The zero-order valence-corrected chi connectivity index (χ0v) is 27.1. The van der Waals surface area contributed by atoms with Gasteiger partial charge in [-0.3, -0.25) is 19.2 Å². The second-order valence-corrected chi connectivity index (χ2v) is 12.2. The third-order valence-electron chi connectivity index (χ3n) is 9.00. The first-order valence-electron chi connectivity index (χ1n) is 16.1. The summed E-state index contributed by atoms with van der Waals surface area (Å²) in [6, 6.07) is 13.2. The number of hydrogen-bond acceptors (Lipinski definition) is 8. The fourth-order valence-corrected chi connectivity index (χ4v) is 6.37. The predicted molar refractivity (Wildman–Crippen MR) is 179 cm³/mol. The highest BCUT2D eigenvalue weighted by atomic mass is 16.4. The van der Waals surface area contributed by atoms with E-state index in [9.17, 15) is 19.2 Å². The van der Waals surface area contributed by atoms with Crippen molar-refractivity contribution >= 4 is 35.0 Å². The first-order chi connectivity index (χ1) is 23.8. The smallest absolute Gasteiger partial charge is 0.290 e. The van der Waals surface area contributed by atoms with Crippen molar-refractivity contribution in [2.24, 2.45) is 14.1 Å². The first-order valence-corrected chi connectivity index (χ1v) is 16.1. The van der Waals surface area contributed by atoms with Gasteiger partial charge in [0.25, 0.3) is 11.8 Å². The molecule has 2 N–H and O–H groups in total. The second-order valence-electron chi connectivity index (χ2n) is 12.2. The number of aryl methyl sites for hydroxylation is 2. The number of benzene rings is 2. The molecule has 5 aromatic rings. The molecule has 3 aromatic heterocycles. The average molecular weight is 662 g/mol. The van der Waals surface area contributed by atoms with Gasteiger partial charge in [0.2, 0.25) is 17.7 Å². The fraction of sp³-hybridized carbons (Fsp3) is 0.286. The molecule has 7 rings (SSSR count). The summed E-state index contributed by atoms with van der Waals surface area (Å²) in [5, 5.41) is 5.86. The van der Waals surface area contributed by atoms with E-state index in [0.29, 0.717) is 60.6 Å². The molecule has 2 fully saturated rings. The second kappa shape index (κ2) is 13.2. The molecule has 2 aliphatic rings. The molecule has 4 amide bonds. The molecule has 0 saturated carbocycles. The van der Waals surface area contributed by atoms with Crippen molar-refractivity contribution in [3.8, 4) is 22.8 Å². The van der Waals surface area contributed by atoms with Crippen molar-refractivity contribution in [1.82, 2.24) is 33.9 Å². The van der Waals surface area contributed by atoms with Gasteiger partial charge in [-0.05, 0) is 74.2 Å². The summed E-state index contributed by atoms with van der Waals surface area (Å²) in [7, 11) is 3.51. The Balaban J connectivity index is 0.955. The van der Waals surface area contributed by atoms with E-state index in [2.05, 4.69) is 25.6 Å². The maximum Gasteiger partial charge on any atom is 0.290 e. The van der Waals surface area contributed by atoms with Crippen molar-refractivity contribution in [2.75, 3.05) is 23.7 Å². The molecule has 2 aliphatic heterocycles. The summed E-state index contributed by atoms with van der Waals surface area (Å²) in [5.41, 5.74) is 2.69. The van der Waals surface area contributed by atoms with E-state index < -0.39 is 12.1 Å². The highest BCUT2D eigenvalue weighted by molar-refractivity contribution is 6.01. The Morgan fingerprint density at radius 1 is 0.673 bits per heavy atom. The normalized spacial score (nSPS) is 17.3. The first kappa shape index (κ1) is 31.5. The lowest BCUT2D eigenvalue weighted by atomic mass is 10.1. The molecule has 5 heterocycles. The third-order valence-corrected chi connectivity index (χ3v) is 9.00. The van der Waals surface area contributed by atoms with Crippen molar-refractivity contribution in [3.05, 3.63) is 91.2 Å². The van der Waals surface area contributed by atoms with Crippen LogP contribution in [0.3, 0.4) is 0 Å². The minimum atomic E-state index is -0.573. The summed E-state index contributed by atoms with van der Waals surface area (Å²) in [5.74, 6) is 0.562. The lowest BCUT2D eigenvalue weighted by Crippen LogP contribution is -2.43. The van der Waals surface area contributed by atoms with Crippen LogP contribution in [0.25, 0.3) is 22.8 Å². The zero-order valence-electron chi connectivity index (χ0n) is 27.1. The molecule has 49 heavy (non-hydrogen) atoms. The molecule has 2 saturated heterocycles. The molecule has 14 nitrogen and oxygen atoms in total. The van der Waals surface area contributed by atoms with E-state index >= 15 is 0 Å². The number of nitrogens with one attached hydrogen (secondary N) is 2. The van der Waals surface area contributed by atoms with E-state index in [4.69, 9.17) is 4.42 Å². The molecule has 0 radical (unpaired) electrons. The van der Waals surface area contributed by atoms with Crippen molar-refractivity contribution in [1.29, 1.82) is 0 Å². The van der Waals surface area contributed by atoms with Crippen molar-refractivity contribution < 1.29 is 23.6 Å². The highest BCUT2D eigenvalue weighted by Crippen LogP contribution is 2.29. The van der Waals surface area contributed by atoms with E-state index in [1.165, 1.54) is 0 Å². The summed E-state index contributed by atoms with van der Waals surface area (Å²) >= 11 is 0. The third kappa shape index (κ3) is 6.32. The molecule has 0 aliphatic carbocycles. The molecular weight excluding hydrogens is 626 g/mol. The quantitative estimate of drug-likeness (QED) is 0.253. The number of nitrogens with zero attached hydrogens (tertiary/aromatic N) is 7.